The molecule has 4 heteroatoms. The van der Waals surface area contributed by atoms with Gasteiger partial charge in [0, 0.05) is 4.88 Å². The van der Waals surface area contributed by atoms with Gasteiger partial charge in [-0.3, -0.25) is 0 Å². The highest BCUT2D eigenvalue weighted by Gasteiger charge is 2.18. The van der Waals surface area contributed by atoms with E-state index in [1.54, 1.807) is 0 Å². The van der Waals surface area contributed by atoms with E-state index in [2.05, 4.69) is 19.1 Å². The van der Waals surface area contributed by atoms with E-state index in [4.69, 9.17) is 4.74 Å². The Kier molecular flexibility index (Phi) is 5.02. The summed E-state index contributed by atoms with van der Waals surface area (Å²) in [5.41, 5.74) is 2.32. The molecule has 0 aliphatic heterocycles. The van der Waals surface area contributed by atoms with Crippen molar-refractivity contribution in [2.75, 3.05) is 0 Å². The van der Waals surface area contributed by atoms with Crippen molar-refractivity contribution in [3.8, 4) is 5.75 Å². The highest BCUT2D eigenvalue weighted by atomic mass is 32.1. The van der Waals surface area contributed by atoms with Crippen molar-refractivity contribution in [2.45, 2.75) is 39.7 Å². The Balaban J connectivity index is 2.12. The fraction of sp³-hybridized carbons (Fsp3) is 0.353. The number of rotatable bonds is 6. The van der Waals surface area contributed by atoms with Crippen LogP contribution in [0.4, 0.5) is 0 Å². The topological polar surface area (TPSA) is 46.5 Å². The maximum atomic E-state index is 11.3. The highest BCUT2D eigenvalue weighted by Crippen LogP contribution is 2.34. The van der Waals surface area contributed by atoms with Crippen molar-refractivity contribution in [1.29, 1.82) is 0 Å². The van der Waals surface area contributed by atoms with Crippen LogP contribution < -0.4 is 4.74 Å². The van der Waals surface area contributed by atoms with Crippen molar-refractivity contribution >= 4 is 17.3 Å². The average Bonchev–Trinajstić information content (AvgIpc) is 2.90. The molecule has 0 amide bonds. The van der Waals surface area contributed by atoms with Crippen LogP contribution in [0.3, 0.4) is 0 Å². The van der Waals surface area contributed by atoms with E-state index in [0.29, 0.717) is 18.3 Å². The summed E-state index contributed by atoms with van der Waals surface area (Å²) in [5.74, 6) is -0.159. The zero-order valence-electron chi connectivity index (χ0n) is 12.6. The van der Waals surface area contributed by atoms with E-state index in [-0.39, 0.29) is 4.88 Å². The van der Waals surface area contributed by atoms with E-state index < -0.39 is 5.97 Å². The van der Waals surface area contributed by atoms with Gasteiger partial charge in [0.1, 0.15) is 12.4 Å². The number of thiophene rings is 1. The van der Waals surface area contributed by atoms with Gasteiger partial charge in [0.15, 0.2) is 4.88 Å². The van der Waals surface area contributed by atoms with Crippen LogP contribution in [0.1, 0.15) is 52.4 Å². The molecular formula is C17H20O3S. The third-order valence-corrected chi connectivity index (χ3v) is 4.71. The number of aryl methyl sites for hydroxylation is 1. The summed E-state index contributed by atoms with van der Waals surface area (Å²) in [6.07, 6.45) is 1.01. The predicted octanol–water partition coefficient (Wildman–Crippen LogP) is 4.71. The summed E-state index contributed by atoms with van der Waals surface area (Å²) in [4.78, 5) is 12.6. The number of carbonyl (C=O) groups is 1. The van der Waals surface area contributed by atoms with Gasteiger partial charge in [0.25, 0.3) is 0 Å². The first-order valence-electron chi connectivity index (χ1n) is 7.09. The Labute approximate surface area is 129 Å². The second kappa shape index (κ2) is 6.76. The molecule has 0 saturated carbocycles. The zero-order chi connectivity index (χ0) is 15.4. The van der Waals surface area contributed by atoms with Crippen LogP contribution in [0.2, 0.25) is 0 Å². The Bertz CT molecular complexity index is 611. The van der Waals surface area contributed by atoms with E-state index in [1.165, 1.54) is 16.9 Å². The van der Waals surface area contributed by atoms with Gasteiger partial charge in [-0.2, -0.15) is 0 Å². The monoisotopic (exact) mass is 304 g/mol. The molecule has 1 aromatic heterocycles. The van der Waals surface area contributed by atoms with E-state index in [9.17, 15) is 9.90 Å². The molecule has 0 saturated heterocycles. The van der Waals surface area contributed by atoms with E-state index in [0.717, 1.165) is 16.9 Å². The van der Waals surface area contributed by atoms with Gasteiger partial charge in [0.05, 0.1) is 0 Å². The van der Waals surface area contributed by atoms with Gasteiger partial charge in [-0.25, -0.2) is 4.79 Å². The summed E-state index contributed by atoms with van der Waals surface area (Å²) in [6, 6.07) is 10.0. The minimum Gasteiger partial charge on any atom is -0.487 e. The zero-order valence-corrected chi connectivity index (χ0v) is 13.4. The second-order valence-corrected chi connectivity index (χ2v) is 6.34. The first-order valence-corrected chi connectivity index (χ1v) is 7.90. The number of carboxylic acids is 1. The fourth-order valence-corrected chi connectivity index (χ4v) is 2.91. The summed E-state index contributed by atoms with van der Waals surface area (Å²) < 4.78 is 5.72. The largest absolute Gasteiger partial charge is 0.487 e. The average molecular weight is 304 g/mol. The molecule has 0 fully saturated rings. The van der Waals surface area contributed by atoms with Crippen molar-refractivity contribution in [3.63, 3.8) is 0 Å². The van der Waals surface area contributed by atoms with Gasteiger partial charge in [-0.05, 0) is 29.5 Å². The first-order chi connectivity index (χ1) is 10.0. The van der Waals surface area contributed by atoms with E-state index in [1.807, 2.05) is 32.0 Å². The van der Waals surface area contributed by atoms with Crippen molar-refractivity contribution in [2.24, 2.45) is 0 Å². The lowest BCUT2D eigenvalue weighted by atomic mass is 10.1. The lowest BCUT2D eigenvalue weighted by Gasteiger charge is -2.06. The molecule has 112 valence electrons. The summed E-state index contributed by atoms with van der Waals surface area (Å²) in [5, 5.41) is 9.26. The molecule has 2 rings (SSSR count). The molecular weight excluding hydrogens is 284 g/mol. The third kappa shape index (κ3) is 3.85. The number of benzene rings is 1. The molecule has 0 aliphatic carbocycles. The number of hydrogen-bond donors (Lipinski definition) is 1. The van der Waals surface area contributed by atoms with Crippen LogP contribution in [-0.4, -0.2) is 11.1 Å². The standard InChI is InChI=1S/C17H20O3S/c1-4-12-5-7-13(8-6-12)10-20-14-9-15(11(2)3)21-16(14)17(18)19/h5-9,11H,4,10H2,1-3H3,(H,18,19). The maximum absolute atomic E-state index is 11.3. The minimum absolute atomic E-state index is 0.281. The number of aromatic carboxylic acids is 1. The van der Waals surface area contributed by atoms with Crippen LogP contribution in [0.15, 0.2) is 30.3 Å². The quantitative estimate of drug-likeness (QED) is 0.840. The van der Waals surface area contributed by atoms with Gasteiger partial charge in [-0.1, -0.05) is 45.0 Å². The molecule has 0 bridgehead atoms. The van der Waals surface area contributed by atoms with Gasteiger partial charge < -0.3 is 9.84 Å². The molecule has 1 heterocycles. The molecule has 21 heavy (non-hydrogen) atoms. The van der Waals surface area contributed by atoms with Crippen molar-refractivity contribution < 1.29 is 14.6 Å². The van der Waals surface area contributed by atoms with Crippen LogP contribution in [0, 0.1) is 0 Å². The Hall–Kier alpha value is -1.81. The number of ether oxygens (including phenoxy) is 1. The Morgan fingerprint density at radius 3 is 2.38 bits per heavy atom. The molecule has 2 aromatic rings. The van der Waals surface area contributed by atoms with Gasteiger partial charge in [-0.15, -0.1) is 11.3 Å². The Morgan fingerprint density at radius 2 is 1.86 bits per heavy atom. The summed E-state index contributed by atoms with van der Waals surface area (Å²) in [7, 11) is 0. The molecule has 0 radical (unpaired) electrons. The van der Waals surface area contributed by atoms with Crippen LogP contribution in [0.25, 0.3) is 0 Å². The SMILES string of the molecule is CCc1ccc(COc2cc(C(C)C)sc2C(=O)O)cc1. The van der Waals surface area contributed by atoms with Crippen molar-refractivity contribution in [1.82, 2.24) is 0 Å². The van der Waals surface area contributed by atoms with Gasteiger partial charge >= 0.3 is 5.97 Å². The predicted molar refractivity (Wildman–Crippen MR) is 85.5 cm³/mol. The minimum atomic E-state index is -0.928. The molecule has 0 spiro atoms. The Morgan fingerprint density at radius 1 is 1.24 bits per heavy atom. The smallest absolute Gasteiger partial charge is 0.349 e. The lowest BCUT2D eigenvalue weighted by molar-refractivity contribution is 0.0697. The van der Waals surface area contributed by atoms with Crippen molar-refractivity contribution in [3.05, 3.63) is 51.2 Å². The lowest BCUT2D eigenvalue weighted by Crippen LogP contribution is -2.00. The fourth-order valence-electron chi connectivity index (χ4n) is 1.97. The van der Waals surface area contributed by atoms with Crippen LogP contribution >= 0.6 is 11.3 Å². The third-order valence-electron chi connectivity index (χ3n) is 3.31. The number of hydrogen-bond acceptors (Lipinski definition) is 3. The highest BCUT2D eigenvalue weighted by molar-refractivity contribution is 7.14. The normalized spacial score (nSPS) is 10.9. The number of carboxylic acid groups (broad SMARTS) is 1. The molecule has 0 unspecified atom stereocenters. The molecule has 3 nitrogen and oxygen atoms in total. The molecule has 0 atom stereocenters. The van der Waals surface area contributed by atoms with Gasteiger partial charge in [0.2, 0.25) is 0 Å². The van der Waals surface area contributed by atoms with Crippen LogP contribution in [-0.2, 0) is 13.0 Å². The maximum Gasteiger partial charge on any atom is 0.349 e. The van der Waals surface area contributed by atoms with E-state index >= 15 is 0 Å². The van der Waals surface area contributed by atoms with Crippen LogP contribution in [0.5, 0.6) is 5.75 Å². The molecule has 1 N–H and O–H groups in total. The summed E-state index contributed by atoms with van der Waals surface area (Å²) >= 11 is 1.29. The molecule has 1 aromatic carbocycles. The summed E-state index contributed by atoms with van der Waals surface area (Å²) in [6.45, 7) is 6.59. The molecule has 0 aliphatic rings. The second-order valence-electron chi connectivity index (χ2n) is 5.26. The first kappa shape index (κ1) is 15.6.